The predicted molar refractivity (Wildman–Crippen MR) is 129 cm³/mol. The molecule has 0 aliphatic heterocycles. The first-order valence-electron chi connectivity index (χ1n) is 9.17. The molecule has 0 saturated heterocycles. The fourth-order valence-corrected chi connectivity index (χ4v) is 3.44. The second kappa shape index (κ2) is 12.9. The number of hydrogen-bond acceptors (Lipinski definition) is 6. The van der Waals surface area contributed by atoms with E-state index in [1.54, 1.807) is 32.6 Å². The van der Waals surface area contributed by atoms with E-state index in [2.05, 4.69) is 20.7 Å². The Morgan fingerprint density at radius 3 is 2.55 bits per heavy atom. The van der Waals surface area contributed by atoms with Crippen molar-refractivity contribution in [2.24, 2.45) is 4.99 Å². The molecule has 0 radical (unpaired) electrons. The quantitative estimate of drug-likeness (QED) is 0.299. The molecule has 0 saturated carbocycles. The Balaban J connectivity index is 0.00000420. The monoisotopic (exact) mass is 534 g/mol. The van der Waals surface area contributed by atoms with Crippen LogP contribution in [0.3, 0.4) is 0 Å². The first-order valence-corrected chi connectivity index (χ1v) is 10.0. The average Bonchev–Trinajstić information content (AvgIpc) is 3.16. The molecule has 1 heterocycles. The van der Waals surface area contributed by atoms with Gasteiger partial charge < -0.3 is 24.4 Å². The molecule has 9 heteroatoms. The van der Waals surface area contributed by atoms with Crippen LogP contribution in [0.15, 0.2) is 34.6 Å². The number of guanidine groups is 1. The van der Waals surface area contributed by atoms with Gasteiger partial charge in [-0.1, -0.05) is 12.1 Å². The molecule has 2 rings (SSSR count). The summed E-state index contributed by atoms with van der Waals surface area (Å²) in [5.41, 5.74) is 0.993. The summed E-state index contributed by atoms with van der Waals surface area (Å²) in [6.07, 6.45) is -0.0515. The lowest BCUT2D eigenvalue weighted by molar-refractivity contribution is 0.119. The van der Waals surface area contributed by atoms with Crippen molar-refractivity contribution in [2.45, 2.75) is 32.6 Å². The number of aliphatic imine (C=N–C) groups is 1. The zero-order valence-corrected chi connectivity index (χ0v) is 21.0. The Hall–Kier alpha value is -1.59. The van der Waals surface area contributed by atoms with Crippen molar-refractivity contribution in [2.75, 3.05) is 34.9 Å². The number of thiazole rings is 1. The molecule has 0 bridgehead atoms. The lowest BCUT2D eigenvalue weighted by Crippen LogP contribution is -2.42. The molecular weight excluding hydrogens is 503 g/mol. The van der Waals surface area contributed by atoms with Gasteiger partial charge in [-0.2, -0.15) is 0 Å². The van der Waals surface area contributed by atoms with E-state index in [0.717, 1.165) is 28.2 Å². The number of rotatable bonds is 9. The number of para-hydroxylation sites is 2. The van der Waals surface area contributed by atoms with Crippen LogP contribution >= 0.6 is 35.3 Å². The number of nitrogens with one attached hydrogen (secondary N) is 1. The van der Waals surface area contributed by atoms with Crippen LogP contribution < -0.4 is 14.8 Å². The molecule has 1 aromatic heterocycles. The molecule has 0 aliphatic rings. The van der Waals surface area contributed by atoms with Crippen molar-refractivity contribution in [3.63, 3.8) is 0 Å². The van der Waals surface area contributed by atoms with Crippen LogP contribution in [0.1, 0.15) is 30.7 Å². The van der Waals surface area contributed by atoms with Crippen LogP contribution in [0, 0.1) is 0 Å². The van der Waals surface area contributed by atoms with E-state index < -0.39 is 0 Å². The lowest BCUT2D eigenvalue weighted by Gasteiger charge is -2.23. The third-order valence-corrected chi connectivity index (χ3v) is 5.24. The van der Waals surface area contributed by atoms with Gasteiger partial charge in [0.2, 0.25) is 0 Å². The Bertz CT molecular complexity index is 772. The number of ether oxygens (including phenoxy) is 3. The minimum absolute atomic E-state index is 0. The van der Waals surface area contributed by atoms with E-state index in [0.29, 0.717) is 13.1 Å². The Kier molecular flexibility index (Phi) is 11.3. The van der Waals surface area contributed by atoms with Crippen LogP contribution in [0.5, 0.6) is 11.5 Å². The molecule has 0 amide bonds. The summed E-state index contributed by atoms with van der Waals surface area (Å²) in [5.74, 6) is 2.23. The number of benzene rings is 1. The van der Waals surface area contributed by atoms with Crippen LogP contribution in [0.25, 0.3) is 0 Å². The molecule has 0 fully saturated rings. The van der Waals surface area contributed by atoms with Crippen molar-refractivity contribution >= 4 is 41.3 Å². The zero-order valence-electron chi connectivity index (χ0n) is 17.8. The van der Waals surface area contributed by atoms with Crippen molar-refractivity contribution in [1.29, 1.82) is 0 Å². The van der Waals surface area contributed by atoms with E-state index >= 15 is 0 Å². The van der Waals surface area contributed by atoms with Crippen molar-refractivity contribution < 1.29 is 14.2 Å². The Labute approximate surface area is 194 Å². The maximum absolute atomic E-state index is 5.99. The zero-order chi connectivity index (χ0) is 20.5. The van der Waals surface area contributed by atoms with E-state index in [1.165, 1.54) is 0 Å². The highest BCUT2D eigenvalue weighted by molar-refractivity contribution is 14.0. The van der Waals surface area contributed by atoms with E-state index in [9.17, 15) is 0 Å². The minimum Gasteiger partial charge on any atom is -0.493 e. The van der Waals surface area contributed by atoms with Gasteiger partial charge in [0.25, 0.3) is 0 Å². The maximum atomic E-state index is 5.99. The van der Waals surface area contributed by atoms with E-state index in [-0.39, 0.29) is 36.2 Å². The normalized spacial score (nSPS) is 13.2. The van der Waals surface area contributed by atoms with Crippen LogP contribution in [0.2, 0.25) is 0 Å². The van der Waals surface area contributed by atoms with Gasteiger partial charge in [0.1, 0.15) is 17.2 Å². The molecule has 162 valence electrons. The fourth-order valence-electron chi connectivity index (χ4n) is 2.59. The van der Waals surface area contributed by atoms with Crippen LogP contribution in [0.4, 0.5) is 0 Å². The summed E-state index contributed by atoms with van der Waals surface area (Å²) in [6.45, 7) is 5.27. The number of methoxy groups -OCH3 is 2. The third kappa shape index (κ3) is 7.63. The highest BCUT2D eigenvalue weighted by Crippen LogP contribution is 2.26. The highest BCUT2D eigenvalue weighted by atomic mass is 127. The minimum atomic E-state index is -0.0603. The van der Waals surface area contributed by atoms with Crippen molar-refractivity contribution in [1.82, 2.24) is 15.2 Å². The Morgan fingerprint density at radius 2 is 1.93 bits per heavy atom. The van der Waals surface area contributed by atoms with Gasteiger partial charge in [0.05, 0.1) is 25.9 Å². The summed E-state index contributed by atoms with van der Waals surface area (Å²) < 4.78 is 16.6. The third-order valence-electron chi connectivity index (χ3n) is 4.19. The Morgan fingerprint density at radius 1 is 1.24 bits per heavy atom. The predicted octanol–water partition coefficient (Wildman–Crippen LogP) is 3.95. The van der Waals surface area contributed by atoms with Crippen LogP contribution in [-0.2, 0) is 11.3 Å². The van der Waals surface area contributed by atoms with Gasteiger partial charge in [-0.25, -0.2) is 4.98 Å². The summed E-state index contributed by atoms with van der Waals surface area (Å²) in [6, 6.07) is 7.63. The molecule has 0 spiro atoms. The maximum Gasteiger partial charge on any atom is 0.193 e. The van der Waals surface area contributed by atoms with Gasteiger partial charge in [-0.15, -0.1) is 35.3 Å². The summed E-state index contributed by atoms with van der Waals surface area (Å²) >= 11 is 1.61. The molecule has 0 aliphatic carbocycles. The van der Waals surface area contributed by atoms with Crippen molar-refractivity contribution in [3.05, 3.63) is 40.3 Å². The summed E-state index contributed by atoms with van der Waals surface area (Å²) in [7, 11) is 7.08. The lowest BCUT2D eigenvalue weighted by atomic mass is 10.3. The molecule has 2 unspecified atom stereocenters. The molecule has 1 aromatic carbocycles. The first-order chi connectivity index (χ1) is 13.5. The van der Waals surface area contributed by atoms with Crippen LogP contribution in [-0.4, -0.2) is 56.8 Å². The molecule has 7 nitrogen and oxygen atoms in total. The van der Waals surface area contributed by atoms with E-state index in [4.69, 9.17) is 14.2 Å². The molecule has 1 N–H and O–H groups in total. The van der Waals surface area contributed by atoms with Gasteiger partial charge in [0.15, 0.2) is 17.5 Å². The largest absolute Gasteiger partial charge is 0.493 e. The smallest absolute Gasteiger partial charge is 0.193 e. The number of hydrogen-bond donors (Lipinski definition) is 1. The summed E-state index contributed by atoms with van der Waals surface area (Å²) in [4.78, 5) is 11.0. The van der Waals surface area contributed by atoms with Gasteiger partial charge in [-0.3, -0.25) is 4.99 Å². The summed E-state index contributed by atoms with van der Waals surface area (Å²) in [5, 5.41) is 6.39. The second-order valence-electron chi connectivity index (χ2n) is 6.42. The second-order valence-corrected chi connectivity index (χ2v) is 7.31. The number of aromatic nitrogens is 1. The van der Waals surface area contributed by atoms with Gasteiger partial charge in [0, 0.05) is 26.6 Å². The molecule has 2 atom stereocenters. The number of halogens is 1. The van der Waals surface area contributed by atoms with Gasteiger partial charge >= 0.3 is 0 Å². The highest BCUT2D eigenvalue weighted by Gasteiger charge is 2.14. The molecule has 29 heavy (non-hydrogen) atoms. The molecule has 2 aromatic rings. The first kappa shape index (κ1) is 25.4. The fraction of sp³-hybridized carbons (Fsp3) is 0.500. The standard InChI is InChI=1S/C20H30N4O3S.HI/c1-14(27-18-10-8-7-9-17(18)26-6)11-22-20(21-3)24(4)12-16-13-28-19(23-16)15(2)25-5;/h7-10,13-15H,11-12H2,1-6H3,(H,21,22);1H. The van der Waals surface area contributed by atoms with Crippen molar-refractivity contribution in [3.8, 4) is 11.5 Å². The number of nitrogens with zero attached hydrogens (tertiary/aromatic N) is 3. The van der Waals surface area contributed by atoms with Gasteiger partial charge in [-0.05, 0) is 26.0 Å². The topological polar surface area (TPSA) is 68.2 Å². The SMILES string of the molecule is CN=C(NCC(C)Oc1ccccc1OC)N(C)Cc1csc(C(C)OC)n1.I. The van der Waals surface area contributed by atoms with E-state index in [1.807, 2.05) is 50.1 Å². The molecular formula is C20H31IN4O3S. The average molecular weight is 534 g/mol.